The number of para-hydroxylation sites is 1. The van der Waals surface area contributed by atoms with E-state index < -0.39 is 0 Å². The molecule has 4 aromatic rings. The zero-order chi connectivity index (χ0) is 15.8. The normalized spacial score (nSPS) is 11.2. The predicted octanol–water partition coefficient (Wildman–Crippen LogP) is 3.67. The number of rotatable bonds is 3. The van der Waals surface area contributed by atoms with Crippen LogP contribution in [0.2, 0.25) is 0 Å². The van der Waals surface area contributed by atoms with Gasteiger partial charge in [-0.25, -0.2) is 0 Å². The summed E-state index contributed by atoms with van der Waals surface area (Å²) in [5.41, 5.74) is 1.99. The summed E-state index contributed by atoms with van der Waals surface area (Å²) in [5, 5.41) is 2.00. The third-order valence-corrected chi connectivity index (χ3v) is 4.92. The van der Waals surface area contributed by atoms with Crippen molar-refractivity contribution >= 4 is 32.5 Å². The summed E-state index contributed by atoms with van der Waals surface area (Å²) >= 11 is 1.40. The number of aromatic nitrogens is 2. The smallest absolute Gasteiger partial charge is 0.284 e. The summed E-state index contributed by atoms with van der Waals surface area (Å²) in [7, 11) is 1.54. The molecule has 0 radical (unpaired) electrons. The molecule has 0 spiro atoms. The van der Waals surface area contributed by atoms with E-state index in [0.717, 1.165) is 15.7 Å². The van der Waals surface area contributed by atoms with Gasteiger partial charge in [0.1, 0.15) is 4.83 Å². The van der Waals surface area contributed by atoms with Crippen molar-refractivity contribution in [2.24, 2.45) is 0 Å². The second-order valence-corrected chi connectivity index (χ2v) is 6.20. The first-order chi connectivity index (χ1) is 11.3. The molecule has 5 heteroatoms. The van der Waals surface area contributed by atoms with Crippen molar-refractivity contribution in [2.45, 2.75) is 6.54 Å². The zero-order valence-electron chi connectivity index (χ0n) is 12.5. The molecule has 0 saturated carbocycles. The molecule has 4 rings (SSSR count). The fourth-order valence-corrected chi connectivity index (χ4v) is 3.80. The van der Waals surface area contributed by atoms with E-state index in [9.17, 15) is 4.79 Å². The summed E-state index contributed by atoms with van der Waals surface area (Å²) in [4.78, 5) is 17.4. The fourth-order valence-electron chi connectivity index (χ4n) is 2.85. The van der Waals surface area contributed by atoms with Crippen molar-refractivity contribution in [3.05, 3.63) is 70.5 Å². The highest BCUT2D eigenvalue weighted by molar-refractivity contribution is 7.19. The highest BCUT2D eigenvalue weighted by Gasteiger charge is 2.16. The van der Waals surface area contributed by atoms with E-state index in [0.29, 0.717) is 17.1 Å². The van der Waals surface area contributed by atoms with Gasteiger partial charge in [-0.1, -0.05) is 59.9 Å². The maximum Gasteiger partial charge on any atom is 0.284 e. The molecule has 0 N–H and O–H groups in total. The lowest BCUT2D eigenvalue weighted by Gasteiger charge is -2.07. The van der Waals surface area contributed by atoms with Crippen LogP contribution in [0.15, 0.2) is 59.4 Å². The van der Waals surface area contributed by atoms with E-state index in [4.69, 9.17) is 4.74 Å². The average molecular weight is 322 g/mol. The Morgan fingerprint density at radius 2 is 1.83 bits per heavy atom. The van der Waals surface area contributed by atoms with Crippen molar-refractivity contribution in [1.29, 1.82) is 0 Å². The maximum atomic E-state index is 12.4. The molecule has 2 heterocycles. The number of fused-ring (bicyclic) bond motifs is 3. The van der Waals surface area contributed by atoms with E-state index in [1.54, 1.807) is 0 Å². The average Bonchev–Trinajstić information content (AvgIpc) is 2.90. The second kappa shape index (κ2) is 5.52. The summed E-state index contributed by atoms with van der Waals surface area (Å²) in [5.74, 6) is 0. The standard InChI is InChI=1S/C18H14N2O2S/c1-22-18-19-16(21)15-13-9-5-6-10-14(13)20(17(15)23-18)11-12-7-3-2-4-8-12/h2-10H,11H2,1H3. The first-order valence-corrected chi connectivity index (χ1v) is 8.09. The summed E-state index contributed by atoms with van der Waals surface area (Å²) in [6.45, 7) is 0.702. The highest BCUT2D eigenvalue weighted by Crippen LogP contribution is 2.32. The van der Waals surface area contributed by atoms with E-state index in [2.05, 4.69) is 21.7 Å². The number of hydrogen-bond acceptors (Lipinski definition) is 4. The van der Waals surface area contributed by atoms with Crippen molar-refractivity contribution < 1.29 is 4.74 Å². The highest BCUT2D eigenvalue weighted by atomic mass is 32.1. The van der Waals surface area contributed by atoms with Crippen LogP contribution in [0, 0.1) is 0 Å². The van der Waals surface area contributed by atoms with Gasteiger partial charge < -0.3 is 9.30 Å². The molecule has 0 saturated heterocycles. The summed E-state index contributed by atoms with van der Waals surface area (Å²) in [6.07, 6.45) is 0. The van der Waals surface area contributed by atoms with Crippen LogP contribution in [0.1, 0.15) is 5.56 Å². The molecule has 0 atom stereocenters. The van der Waals surface area contributed by atoms with Crippen LogP contribution in [-0.4, -0.2) is 16.7 Å². The first kappa shape index (κ1) is 14.0. The molecule has 23 heavy (non-hydrogen) atoms. The summed E-state index contributed by atoms with van der Waals surface area (Å²) < 4.78 is 7.36. The molecule has 0 bridgehead atoms. The van der Waals surface area contributed by atoms with Gasteiger partial charge in [-0.3, -0.25) is 4.79 Å². The van der Waals surface area contributed by atoms with Crippen LogP contribution in [0.4, 0.5) is 0 Å². The fraction of sp³-hybridized carbons (Fsp3) is 0.111. The molecule has 114 valence electrons. The largest absolute Gasteiger partial charge is 0.473 e. The van der Waals surface area contributed by atoms with Gasteiger partial charge in [-0.15, -0.1) is 0 Å². The molecule has 2 aromatic heterocycles. The van der Waals surface area contributed by atoms with Gasteiger partial charge in [-0.05, 0) is 11.6 Å². The van der Waals surface area contributed by atoms with Crippen LogP contribution >= 0.6 is 11.3 Å². The quantitative estimate of drug-likeness (QED) is 0.578. The van der Waals surface area contributed by atoms with Crippen LogP contribution in [0.3, 0.4) is 0 Å². The molecule has 4 nitrogen and oxygen atoms in total. The molecular formula is C18H14N2O2S. The van der Waals surface area contributed by atoms with Gasteiger partial charge in [0.25, 0.3) is 10.8 Å². The SMILES string of the molecule is COc1nc(=O)c2c3ccccc3n(Cc3ccccc3)c2s1. The summed E-state index contributed by atoms with van der Waals surface area (Å²) in [6, 6.07) is 18.2. The van der Waals surface area contributed by atoms with E-state index >= 15 is 0 Å². The van der Waals surface area contributed by atoms with Crippen LogP contribution < -0.4 is 10.3 Å². The van der Waals surface area contributed by atoms with Crippen LogP contribution in [0.5, 0.6) is 5.19 Å². The van der Waals surface area contributed by atoms with Gasteiger partial charge >= 0.3 is 0 Å². The molecule has 2 aromatic carbocycles. The van der Waals surface area contributed by atoms with Crippen molar-refractivity contribution in [3.63, 3.8) is 0 Å². The molecular weight excluding hydrogens is 308 g/mol. The Kier molecular flexibility index (Phi) is 3.35. The van der Waals surface area contributed by atoms with Gasteiger partial charge in [0.15, 0.2) is 0 Å². The molecule has 0 aliphatic heterocycles. The van der Waals surface area contributed by atoms with Crippen molar-refractivity contribution in [2.75, 3.05) is 7.11 Å². The Morgan fingerprint density at radius 3 is 2.61 bits per heavy atom. The minimum atomic E-state index is -0.237. The van der Waals surface area contributed by atoms with E-state index in [-0.39, 0.29) is 5.56 Å². The third kappa shape index (κ3) is 2.29. The van der Waals surface area contributed by atoms with Gasteiger partial charge in [0, 0.05) is 11.9 Å². The van der Waals surface area contributed by atoms with E-state index in [1.807, 2.05) is 42.5 Å². The minimum Gasteiger partial charge on any atom is -0.473 e. The molecule has 0 unspecified atom stereocenters. The number of hydrogen-bond donors (Lipinski definition) is 0. The number of benzene rings is 2. The lowest BCUT2D eigenvalue weighted by atomic mass is 10.2. The maximum absolute atomic E-state index is 12.4. The van der Waals surface area contributed by atoms with Crippen molar-refractivity contribution in [3.8, 4) is 5.19 Å². The Balaban J connectivity index is 2.07. The molecule has 0 aliphatic carbocycles. The van der Waals surface area contributed by atoms with Crippen LogP contribution in [-0.2, 0) is 6.54 Å². The van der Waals surface area contributed by atoms with E-state index in [1.165, 1.54) is 24.0 Å². The van der Waals surface area contributed by atoms with Gasteiger partial charge in [0.2, 0.25) is 0 Å². The van der Waals surface area contributed by atoms with Crippen LogP contribution in [0.25, 0.3) is 21.1 Å². The molecule has 0 fully saturated rings. The molecule has 0 amide bonds. The number of ether oxygens (including phenoxy) is 1. The molecule has 0 aliphatic rings. The Bertz CT molecular complexity index is 1050. The lowest BCUT2D eigenvalue weighted by Crippen LogP contribution is -2.06. The topological polar surface area (TPSA) is 44.1 Å². The predicted molar refractivity (Wildman–Crippen MR) is 93.5 cm³/mol. The van der Waals surface area contributed by atoms with Gasteiger partial charge in [-0.2, -0.15) is 4.98 Å². The number of methoxy groups -OCH3 is 1. The van der Waals surface area contributed by atoms with Gasteiger partial charge in [0.05, 0.1) is 18.0 Å². The third-order valence-electron chi connectivity index (χ3n) is 3.87. The Labute approximate surface area is 136 Å². The lowest BCUT2D eigenvalue weighted by molar-refractivity contribution is 0.410. The monoisotopic (exact) mass is 322 g/mol. The Hall–Kier alpha value is -2.66. The second-order valence-electron chi connectivity index (χ2n) is 5.26. The Morgan fingerprint density at radius 1 is 1.09 bits per heavy atom. The minimum absolute atomic E-state index is 0.237. The first-order valence-electron chi connectivity index (χ1n) is 7.28. The number of nitrogens with zero attached hydrogens (tertiary/aromatic N) is 2. The van der Waals surface area contributed by atoms with Crippen molar-refractivity contribution in [1.82, 2.24) is 9.55 Å². The zero-order valence-corrected chi connectivity index (χ0v) is 13.3.